The zero-order valence-electron chi connectivity index (χ0n) is 20.6. The largest absolute Gasteiger partial charge is 0.341 e. The van der Waals surface area contributed by atoms with Crippen molar-refractivity contribution in [2.24, 2.45) is 0 Å². The van der Waals surface area contributed by atoms with Gasteiger partial charge < -0.3 is 9.47 Å². The monoisotopic (exact) mass is 510 g/mol. The summed E-state index contributed by atoms with van der Waals surface area (Å²) in [6.07, 6.45) is 0.211. The SMILES string of the molecule is C=C(c1ccccc1)C(Cc1ccccc1)(OCc1ccccc1[N+](=O)[O-])OCc1ccccc1[N+](=O)[O-]. The van der Waals surface area contributed by atoms with Crippen molar-refractivity contribution >= 4 is 16.9 Å². The van der Waals surface area contributed by atoms with E-state index >= 15 is 0 Å². The summed E-state index contributed by atoms with van der Waals surface area (Å²) < 4.78 is 12.9. The van der Waals surface area contributed by atoms with Crippen LogP contribution in [-0.4, -0.2) is 15.6 Å². The highest BCUT2D eigenvalue weighted by Gasteiger charge is 2.38. The van der Waals surface area contributed by atoms with E-state index in [2.05, 4.69) is 6.58 Å². The minimum absolute atomic E-state index is 0.0786. The van der Waals surface area contributed by atoms with Crippen molar-refractivity contribution in [1.29, 1.82) is 0 Å². The molecular weight excluding hydrogens is 484 g/mol. The van der Waals surface area contributed by atoms with Crippen LogP contribution < -0.4 is 0 Å². The van der Waals surface area contributed by atoms with E-state index in [0.717, 1.165) is 11.1 Å². The third-order valence-electron chi connectivity index (χ3n) is 6.16. The van der Waals surface area contributed by atoms with Gasteiger partial charge in [-0.3, -0.25) is 20.2 Å². The molecule has 192 valence electrons. The molecule has 0 fully saturated rings. The third kappa shape index (κ3) is 6.18. The van der Waals surface area contributed by atoms with Crippen molar-refractivity contribution < 1.29 is 19.3 Å². The van der Waals surface area contributed by atoms with Crippen molar-refractivity contribution in [3.05, 3.63) is 158 Å². The zero-order valence-corrected chi connectivity index (χ0v) is 20.6. The number of hydrogen-bond acceptors (Lipinski definition) is 6. The maximum atomic E-state index is 11.6. The second kappa shape index (κ2) is 12.1. The fraction of sp³-hybridized carbons (Fsp3) is 0.133. The predicted octanol–water partition coefficient (Wildman–Crippen LogP) is 6.89. The molecule has 0 aliphatic rings. The van der Waals surface area contributed by atoms with E-state index in [4.69, 9.17) is 9.47 Å². The van der Waals surface area contributed by atoms with Crippen LogP contribution in [0.4, 0.5) is 11.4 Å². The number of nitro benzene ring substituents is 2. The highest BCUT2D eigenvalue weighted by molar-refractivity contribution is 5.69. The van der Waals surface area contributed by atoms with Crippen LogP contribution in [0.2, 0.25) is 0 Å². The first kappa shape index (κ1) is 26.4. The van der Waals surface area contributed by atoms with Gasteiger partial charge in [0.25, 0.3) is 11.4 Å². The molecule has 0 heterocycles. The van der Waals surface area contributed by atoms with Crippen molar-refractivity contribution in [3.63, 3.8) is 0 Å². The lowest BCUT2D eigenvalue weighted by Gasteiger charge is -2.36. The second-order valence-corrected chi connectivity index (χ2v) is 8.61. The van der Waals surface area contributed by atoms with Crippen molar-refractivity contribution in [2.45, 2.75) is 25.4 Å². The maximum absolute atomic E-state index is 11.6. The Morgan fingerprint density at radius 3 is 1.55 bits per heavy atom. The number of ether oxygens (including phenoxy) is 2. The van der Waals surface area contributed by atoms with Crippen LogP contribution in [0.15, 0.2) is 116 Å². The summed E-state index contributed by atoms with van der Waals surface area (Å²) in [7, 11) is 0. The normalized spacial score (nSPS) is 11.2. The van der Waals surface area contributed by atoms with Crippen LogP contribution in [0.3, 0.4) is 0 Å². The molecular formula is C30H26N2O6. The molecule has 0 amide bonds. The Kier molecular flexibility index (Phi) is 8.37. The molecule has 0 saturated carbocycles. The highest BCUT2D eigenvalue weighted by Crippen LogP contribution is 2.37. The summed E-state index contributed by atoms with van der Waals surface area (Å²) in [5, 5.41) is 23.3. The van der Waals surface area contributed by atoms with Crippen molar-refractivity contribution in [3.8, 4) is 0 Å². The smallest absolute Gasteiger partial charge is 0.274 e. The molecule has 4 rings (SSSR count). The quantitative estimate of drug-likeness (QED) is 0.117. The van der Waals surface area contributed by atoms with Crippen molar-refractivity contribution in [2.75, 3.05) is 0 Å². The Hall–Kier alpha value is -4.66. The molecule has 0 aliphatic heterocycles. The lowest BCUT2D eigenvalue weighted by molar-refractivity contribution is -0.386. The highest BCUT2D eigenvalue weighted by atomic mass is 16.7. The molecule has 0 N–H and O–H groups in total. The first-order chi connectivity index (χ1) is 18.4. The van der Waals surface area contributed by atoms with E-state index < -0.39 is 15.6 Å². The molecule has 0 aliphatic carbocycles. The van der Waals surface area contributed by atoms with Gasteiger partial charge in [0, 0.05) is 24.1 Å². The molecule has 0 atom stereocenters. The first-order valence-electron chi connectivity index (χ1n) is 11.9. The van der Waals surface area contributed by atoms with Crippen LogP contribution >= 0.6 is 0 Å². The first-order valence-corrected chi connectivity index (χ1v) is 11.9. The summed E-state index contributed by atoms with van der Waals surface area (Å²) in [5.74, 6) is -1.50. The van der Waals surface area contributed by atoms with Gasteiger partial charge in [-0.25, -0.2) is 0 Å². The van der Waals surface area contributed by atoms with Gasteiger partial charge in [-0.1, -0.05) is 91.5 Å². The molecule has 0 aromatic heterocycles. The summed E-state index contributed by atoms with van der Waals surface area (Å²) in [6.45, 7) is 4.02. The topological polar surface area (TPSA) is 105 Å². The number of para-hydroxylation sites is 2. The maximum Gasteiger partial charge on any atom is 0.274 e. The minimum atomic E-state index is -1.50. The Morgan fingerprint density at radius 1 is 0.658 bits per heavy atom. The van der Waals surface area contributed by atoms with Gasteiger partial charge in [0.1, 0.15) is 0 Å². The molecule has 8 heteroatoms. The van der Waals surface area contributed by atoms with E-state index in [-0.39, 0.29) is 31.0 Å². The molecule has 0 radical (unpaired) electrons. The summed E-state index contributed by atoms with van der Waals surface area (Å²) >= 11 is 0. The fourth-order valence-corrected chi connectivity index (χ4v) is 4.16. The lowest BCUT2D eigenvalue weighted by Crippen LogP contribution is -2.39. The molecule has 0 bridgehead atoms. The van der Waals surface area contributed by atoms with Crippen LogP contribution in [0.25, 0.3) is 5.57 Å². The van der Waals surface area contributed by atoms with Gasteiger partial charge in [-0.15, -0.1) is 0 Å². The fourth-order valence-electron chi connectivity index (χ4n) is 4.16. The molecule has 8 nitrogen and oxygen atoms in total. The summed E-state index contributed by atoms with van der Waals surface area (Å²) in [6, 6.07) is 31.5. The molecule has 0 unspecified atom stereocenters. The van der Waals surface area contributed by atoms with Gasteiger partial charge in [0.2, 0.25) is 0 Å². The number of nitro groups is 2. The molecule has 0 spiro atoms. The van der Waals surface area contributed by atoms with E-state index in [9.17, 15) is 20.2 Å². The lowest BCUT2D eigenvalue weighted by atomic mass is 9.92. The van der Waals surface area contributed by atoms with Crippen LogP contribution in [0.5, 0.6) is 0 Å². The Balaban J connectivity index is 1.78. The third-order valence-corrected chi connectivity index (χ3v) is 6.16. The van der Waals surface area contributed by atoms with Crippen LogP contribution in [-0.2, 0) is 29.1 Å². The van der Waals surface area contributed by atoms with Gasteiger partial charge in [-0.2, -0.15) is 0 Å². The van der Waals surface area contributed by atoms with E-state index in [1.54, 1.807) is 36.4 Å². The van der Waals surface area contributed by atoms with E-state index in [0.29, 0.717) is 16.7 Å². The number of rotatable bonds is 12. The second-order valence-electron chi connectivity index (χ2n) is 8.61. The van der Waals surface area contributed by atoms with Gasteiger partial charge in [-0.05, 0) is 23.3 Å². The number of nitrogens with zero attached hydrogens (tertiary/aromatic N) is 2. The van der Waals surface area contributed by atoms with Crippen LogP contribution in [0, 0.1) is 20.2 Å². The van der Waals surface area contributed by atoms with Gasteiger partial charge in [0.15, 0.2) is 5.79 Å². The van der Waals surface area contributed by atoms with Gasteiger partial charge in [0.05, 0.1) is 34.2 Å². The van der Waals surface area contributed by atoms with Gasteiger partial charge >= 0.3 is 0 Å². The standard InChI is InChI=1S/C30H26N2O6/c1-23(25-14-6-3-7-15-25)30(20-24-12-4-2-5-13-24,37-21-26-16-8-10-18-28(26)31(33)34)38-22-27-17-9-11-19-29(27)32(35)36/h2-19H,1,20-22H2. The average molecular weight is 511 g/mol. The predicted molar refractivity (Wildman–Crippen MR) is 144 cm³/mol. The Bertz CT molecular complexity index is 1360. The van der Waals surface area contributed by atoms with E-state index in [1.807, 2.05) is 60.7 Å². The molecule has 0 saturated heterocycles. The zero-order chi connectivity index (χ0) is 27.0. The number of benzene rings is 4. The number of hydrogen-bond donors (Lipinski definition) is 0. The minimum Gasteiger partial charge on any atom is -0.341 e. The average Bonchev–Trinajstić information content (AvgIpc) is 2.95. The molecule has 4 aromatic carbocycles. The Labute approximate surface area is 220 Å². The van der Waals surface area contributed by atoms with Crippen molar-refractivity contribution in [1.82, 2.24) is 0 Å². The molecule has 4 aromatic rings. The summed E-state index contributed by atoms with van der Waals surface area (Å²) in [4.78, 5) is 22.4. The van der Waals surface area contributed by atoms with Crippen LogP contribution in [0.1, 0.15) is 22.3 Å². The molecule has 38 heavy (non-hydrogen) atoms. The summed E-state index contributed by atoms with van der Waals surface area (Å²) in [5.41, 5.74) is 2.67. The van der Waals surface area contributed by atoms with E-state index in [1.165, 1.54) is 12.1 Å². The Morgan fingerprint density at radius 2 is 1.08 bits per heavy atom.